The van der Waals surface area contributed by atoms with E-state index in [0.29, 0.717) is 18.8 Å². The van der Waals surface area contributed by atoms with Crippen LogP contribution in [0.4, 0.5) is 14.9 Å². The van der Waals surface area contributed by atoms with E-state index in [-0.39, 0.29) is 17.0 Å². The Kier molecular flexibility index (Phi) is 5.70. The molecule has 1 aliphatic heterocycles. The Balaban J connectivity index is 1.65. The molecule has 29 heavy (non-hydrogen) atoms. The van der Waals surface area contributed by atoms with Crippen LogP contribution in [0.5, 0.6) is 0 Å². The molecule has 6 nitrogen and oxygen atoms in total. The number of rotatable bonds is 5. The van der Waals surface area contributed by atoms with Gasteiger partial charge in [0.1, 0.15) is 17.9 Å². The lowest BCUT2D eigenvalue weighted by Gasteiger charge is -2.42. The summed E-state index contributed by atoms with van der Waals surface area (Å²) in [6.07, 6.45) is 3.95. The van der Waals surface area contributed by atoms with Crippen molar-refractivity contribution in [2.24, 2.45) is 11.3 Å². The molecule has 1 saturated carbocycles. The summed E-state index contributed by atoms with van der Waals surface area (Å²) in [5.41, 5.74) is 0.123. The number of urea groups is 1. The fraction of sp³-hybridized carbons (Fsp3) is 0.591. The topological polar surface area (TPSA) is 78.5 Å². The molecule has 1 heterocycles. The van der Waals surface area contributed by atoms with Gasteiger partial charge in [0, 0.05) is 0 Å². The number of carbonyl (C=O) groups is 3. The van der Waals surface area contributed by atoms with Crippen LogP contribution in [0.1, 0.15) is 58.4 Å². The monoisotopic (exact) mass is 403 g/mol. The summed E-state index contributed by atoms with van der Waals surface area (Å²) in [5.74, 6) is -1.01. The Morgan fingerprint density at radius 2 is 1.97 bits per heavy atom. The van der Waals surface area contributed by atoms with Gasteiger partial charge in [-0.25, -0.2) is 9.18 Å². The van der Waals surface area contributed by atoms with Crippen molar-refractivity contribution in [3.8, 4) is 0 Å². The predicted molar refractivity (Wildman–Crippen MR) is 109 cm³/mol. The lowest BCUT2D eigenvalue weighted by atomic mass is 9.65. The molecule has 3 rings (SSSR count). The summed E-state index contributed by atoms with van der Waals surface area (Å²) >= 11 is 0. The molecule has 2 aliphatic rings. The Morgan fingerprint density at radius 3 is 2.59 bits per heavy atom. The van der Waals surface area contributed by atoms with E-state index >= 15 is 0 Å². The van der Waals surface area contributed by atoms with E-state index in [1.807, 2.05) is 0 Å². The van der Waals surface area contributed by atoms with Crippen molar-refractivity contribution in [1.29, 1.82) is 0 Å². The van der Waals surface area contributed by atoms with Gasteiger partial charge in [-0.2, -0.15) is 0 Å². The first-order valence-electron chi connectivity index (χ1n) is 10.3. The second kappa shape index (κ2) is 7.76. The van der Waals surface area contributed by atoms with E-state index in [9.17, 15) is 18.8 Å². The molecule has 2 N–H and O–H groups in total. The standard InChI is InChI=1S/C22H30FN3O3/c1-5-21(3,4)15-8-10-22(11-9-15)19(28)26(20(29)25-22)13-18(27)24-17-12-14(2)6-7-16(17)23/h6-7,12,15H,5,8-11,13H2,1-4H3,(H,24,27)(H,25,29). The van der Waals surface area contributed by atoms with Gasteiger partial charge in [0.05, 0.1) is 5.69 Å². The van der Waals surface area contributed by atoms with E-state index in [4.69, 9.17) is 0 Å². The minimum absolute atomic E-state index is 0.0408. The first-order valence-corrected chi connectivity index (χ1v) is 10.3. The number of anilines is 1. The number of hydrogen-bond acceptors (Lipinski definition) is 3. The van der Waals surface area contributed by atoms with Crippen molar-refractivity contribution in [3.05, 3.63) is 29.6 Å². The average molecular weight is 403 g/mol. The molecule has 158 valence electrons. The molecule has 1 aromatic rings. The molecule has 2 fully saturated rings. The van der Waals surface area contributed by atoms with E-state index < -0.39 is 29.8 Å². The molecule has 0 bridgehead atoms. The van der Waals surface area contributed by atoms with Crippen LogP contribution < -0.4 is 10.6 Å². The summed E-state index contributed by atoms with van der Waals surface area (Å²) in [5, 5.41) is 5.29. The number of imide groups is 1. The maximum atomic E-state index is 13.9. The molecule has 1 aliphatic carbocycles. The molecule has 4 amide bonds. The summed E-state index contributed by atoms with van der Waals surface area (Å²) in [6.45, 7) is 8.01. The van der Waals surface area contributed by atoms with Gasteiger partial charge in [-0.3, -0.25) is 14.5 Å². The molecular formula is C22H30FN3O3. The van der Waals surface area contributed by atoms with Gasteiger partial charge in [-0.15, -0.1) is 0 Å². The van der Waals surface area contributed by atoms with Gasteiger partial charge < -0.3 is 10.6 Å². The van der Waals surface area contributed by atoms with Gasteiger partial charge in [0.25, 0.3) is 5.91 Å². The third-order valence-electron chi connectivity index (χ3n) is 6.80. The van der Waals surface area contributed by atoms with Crippen molar-refractivity contribution in [1.82, 2.24) is 10.2 Å². The molecular weight excluding hydrogens is 373 g/mol. The van der Waals surface area contributed by atoms with Crippen molar-refractivity contribution >= 4 is 23.5 Å². The third-order valence-corrected chi connectivity index (χ3v) is 6.80. The smallest absolute Gasteiger partial charge is 0.323 e. The summed E-state index contributed by atoms with van der Waals surface area (Å²) in [4.78, 5) is 38.8. The highest BCUT2D eigenvalue weighted by molar-refractivity contribution is 6.10. The maximum absolute atomic E-state index is 13.9. The SMILES string of the molecule is CCC(C)(C)C1CCC2(CC1)NC(=O)N(CC(=O)Nc1cc(C)ccc1F)C2=O. The number of nitrogens with one attached hydrogen (secondary N) is 2. The highest BCUT2D eigenvalue weighted by atomic mass is 19.1. The number of amides is 4. The van der Waals surface area contributed by atoms with Crippen molar-refractivity contribution in [3.63, 3.8) is 0 Å². The van der Waals surface area contributed by atoms with Gasteiger partial charge in [-0.05, 0) is 61.6 Å². The normalized spacial score (nSPS) is 24.7. The first kappa shape index (κ1) is 21.3. The van der Waals surface area contributed by atoms with Crippen LogP contribution in [0.15, 0.2) is 18.2 Å². The van der Waals surface area contributed by atoms with E-state index in [2.05, 4.69) is 31.4 Å². The number of nitrogens with zero attached hydrogens (tertiary/aromatic N) is 1. The molecule has 0 unspecified atom stereocenters. The zero-order chi connectivity index (χ0) is 21.4. The van der Waals surface area contributed by atoms with Crippen LogP contribution in [0.3, 0.4) is 0 Å². The molecule has 1 spiro atoms. The number of aryl methyl sites for hydroxylation is 1. The number of benzene rings is 1. The maximum Gasteiger partial charge on any atom is 0.325 e. The Labute approximate surface area is 171 Å². The van der Waals surface area contributed by atoms with Gasteiger partial charge in [-0.1, -0.05) is 33.3 Å². The van der Waals surface area contributed by atoms with Gasteiger partial charge in [0.15, 0.2) is 0 Å². The van der Waals surface area contributed by atoms with Crippen LogP contribution in [0, 0.1) is 24.1 Å². The lowest BCUT2D eigenvalue weighted by Crippen LogP contribution is -2.51. The second-order valence-electron chi connectivity index (χ2n) is 9.05. The summed E-state index contributed by atoms with van der Waals surface area (Å²) in [7, 11) is 0. The number of hydrogen-bond donors (Lipinski definition) is 2. The van der Waals surface area contributed by atoms with Crippen molar-refractivity contribution in [2.75, 3.05) is 11.9 Å². The summed E-state index contributed by atoms with van der Waals surface area (Å²) in [6, 6.07) is 3.83. The molecule has 1 saturated heterocycles. The van der Waals surface area contributed by atoms with Gasteiger partial charge >= 0.3 is 6.03 Å². The Morgan fingerprint density at radius 1 is 1.31 bits per heavy atom. The second-order valence-corrected chi connectivity index (χ2v) is 9.05. The minimum atomic E-state index is -0.910. The first-order chi connectivity index (χ1) is 13.6. The molecule has 0 aromatic heterocycles. The third kappa shape index (κ3) is 4.14. The molecule has 1 aromatic carbocycles. The largest absolute Gasteiger partial charge is 0.325 e. The van der Waals surface area contributed by atoms with E-state index in [1.54, 1.807) is 13.0 Å². The van der Waals surface area contributed by atoms with Crippen LogP contribution >= 0.6 is 0 Å². The van der Waals surface area contributed by atoms with Crippen LogP contribution in [-0.2, 0) is 9.59 Å². The number of halogens is 1. The fourth-order valence-corrected chi connectivity index (χ4v) is 4.41. The van der Waals surface area contributed by atoms with Crippen LogP contribution in [0.25, 0.3) is 0 Å². The Bertz CT molecular complexity index is 829. The minimum Gasteiger partial charge on any atom is -0.323 e. The molecule has 0 atom stereocenters. The summed E-state index contributed by atoms with van der Waals surface area (Å²) < 4.78 is 13.9. The average Bonchev–Trinajstić information content (AvgIpc) is 2.89. The van der Waals surface area contributed by atoms with Crippen LogP contribution in [-0.4, -0.2) is 34.8 Å². The lowest BCUT2D eigenvalue weighted by molar-refractivity contribution is -0.135. The number of carbonyl (C=O) groups excluding carboxylic acids is 3. The van der Waals surface area contributed by atoms with Crippen molar-refractivity contribution in [2.45, 2.75) is 65.3 Å². The zero-order valence-corrected chi connectivity index (χ0v) is 17.6. The highest BCUT2D eigenvalue weighted by Gasteiger charge is 2.53. The van der Waals surface area contributed by atoms with E-state index in [0.717, 1.165) is 29.7 Å². The predicted octanol–water partition coefficient (Wildman–Crippen LogP) is 3.99. The highest BCUT2D eigenvalue weighted by Crippen LogP contribution is 2.45. The molecule has 7 heteroatoms. The quantitative estimate of drug-likeness (QED) is 0.730. The fourth-order valence-electron chi connectivity index (χ4n) is 4.41. The molecule has 0 radical (unpaired) electrons. The Hall–Kier alpha value is -2.44. The van der Waals surface area contributed by atoms with E-state index in [1.165, 1.54) is 12.1 Å². The van der Waals surface area contributed by atoms with Crippen molar-refractivity contribution < 1.29 is 18.8 Å². The zero-order valence-electron chi connectivity index (χ0n) is 17.6. The van der Waals surface area contributed by atoms with Gasteiger partial charge in [0.2, 0.25) is 5.91 Å². The van der Waals surface area contributed by atoms with Crippen LogP contribution in [0.2, 0.25) is 0 Å².